The maximum absolute atomic E-state index is 4.26. The van der Waals surface area contributed by atoms with Gasteiger partial charge in [0, 0.05) is 31.4 Å². The molecule has 0 radical (unpaired) electrons. The zero-order chi connectivity index (χ0) is 14.8. The summed E-state index contributed by atoms with van der Waals surface area (Å²) in [4.78, 5) is 2.44. The van der Waals surface area contributed by atoms with Crippen molar-refractivity contribution in [1.82, 2.24) is 20.0 Å². The first-order valence-corrected chi connectivity index (χ1v) is 7.83. The highest BCUT2D eigenvalue weighted by atomic mass is 15.3. The van der Waals surface area contributed by atoms with Gasteiger partial charge < -0.3 is 10.2 Å². The van der Waals surface area contributed by atoms with Crippen LogP contribution in [0, 0.1) is 5.92 Å². The molecule has 1 fully saturated rings. The lowest BCUT2D eigenvalue weighted by molar-refractivity contribution is 0.0725. The Morgan fingerprint density at radius 2 is 2.30 bits per heavy atom. The lowest BCUT2D eigenvalue weighted by Gasteiger charge is -2.46. The van der Waals surface area contributed by atoms with Gasteiger partial charge in [0.05, 0.1) is 5.69 Å². The zero-order valence-corrected chi connectivity index (χ0v) is 13.7. The molecule has 0 bridgehead atoms. The fraction of sp³-hybridized carbons (Fsp3) is 0.812. The van der Waals surface area contributed by atoms with Crippen molar-refractivity contribution >= 4 is 0 Å². The Balaban J connectivity index is 2.01. The standard InChI is InChI=1S/C16H30N4/c1-13-7-6-9-16(11-13,19(3)4)12-17-14(2)15-8-10-18-20(15)5/h8,10,13-14,17H,6-7,9,11-12H2,1-5H3. The molecule has 1 aromatic rings. The average Bonchev–Trinajstić information content (AvgIpc) is 2.82. The van der Waals surface area contributed by atoms with Gasteiger partial charge in [-0.1, -0.05) is 19.8 Å². The van der Waals surface area contributed by atoms with E-state index in [9.17, 15) is 0 Å². The Labute approximate surface area is 123 Å². The summed E-state index contributed by atoms with van der Waals surface area (Å²) in [6, 6.07) is 2.44. The highest BCUT2D eigenvalue weighted by molar-refractivity contribution is 5.06. The first-order chi connectivity index (χ1) is 9.44. The largest absolute Gasteiger partial charge is 0.307 e. The van der Waals surface area contributed by atoms with E-state index in [0.29, 0.717) is 11.6 Å². The van der Waals surface area contributed by atoms with Crippen LogP contribution < -0.4 is 5.32 Å². The normalized spacial score (nSPS) is 28.8. The van der Waals surface area contributed by atoms with Crippen molar-refractivity contribution in [3.05, 3.63) is 18.0 Å². The van der Waals surface area contributed by atoms with Gasteiger partial charge >= 0.3 is 0 Å². The van der Waals surface area contributed by atoms with E-state index in [1.807, 2.05) is 17.9 Å². The molecule has 0 saturated heterocycles. The molecule has 3 unspecified atom stereocenters. The molecule has 0 spiro atoms. The predicted octanol–water partition coefficient (Wildman–Crippen LogP) is 2.58. The quantitative estimate of drug-likeness (QED) is 0.898. The molecule has 1 aliphatic rings. The Kier molecular flexibility index (Phi) is 4.86. The molecule has 2 rings (SSSR count). The third kappa shape index (κ3) is 3.23. The summed E-state index contributed by atoms with van der Waals surface area (Å²) in [6.45, 7) is 5.67. The zero-order valence-electron chi connectivity index (χ0n) is 13.7. The maximum Gasteiger partial charge on any atom is 0.0547 e. The van der Waals surface area contributed by atoms with Gasteiger partial charge in [-0.2, -0.15) is 5.10 Å². The molecule has 1 N–H and O–H groups in total. The second-order valence-electron chi connectivity index (χ2n) is 6.80. The Hall–Kier alpha value is -0.870. The third-order valence-electron chi connectivity index (χ3n) is 5.06. The number of hydrogen-bond donors (Lipinski definition) is 1. The van der Waals surface area contributed by atoms with Crippen LogP contribution in [0.3, 0.4) is 0 Å². The third-order valence-corrected chi connectivity index (χ3v) is 5.06. The molecule has 3 atom stereocenters. The molecular weight excluding hydrogens is 248 g/mol. The first kappa shape index (κ1) is 15.5. The summed E-state index contributed by atoms with van der Waals surface area (Å²) in [5.74, 6) is 0.833. The molecule has 1 aliphatic carbocycles. The number of rotatable bonds is 5. The Morgan fingerprint density at radius 1 is 1.55 bits per heavy atom. The Bertz CT molecular complexity index is 426. The summed E-state index contributed by atoms with van der Waals surface area (Å²) >= 11 is 0. The highest BCUT2D eigenvalue weighted by Crippen LogP contribution is 2.35. The van der Waals surface area contributed by atoms with Gasteiger partial charge in [-0.15, -0.1) is 0 Å². The summed E-state index contributed by atoms with van der Waals surface area (Å²) in [5, 5.41) is 8.00. The van der Waals surface area contributed by atoms with Crippen LogP contribution in [0.4, 0.5) is 0 Å². The fourth-order valence-corrected chi connectivity index (χ4v) is 3.61. The van der Waals surface area contributed by atoms with Crippen molar-refractivity contribution in [3.8, 4) is 0 Å². The molecule has 1 saturated carbocycles. The van der Waals surface area contributed by atoms with E-state index in [0.717, 1.165) is 12.5 Å². The molecular formula is C16H30N4. The van der Waals surface area contributed by atoms with Gasteiger partial charge in [0.1, 0.15) is 0 Å². The molecule has 0 aliphatic heterocycles. The lowest BCUT2D eigenvalue weighted by atomic mass is 9.75. The van der Waals surface area contributed by atoms with Gasteiger partial charge in [0.15, 0.2) is 0 Å². The summed E-state index contributed by atoms with van der Waals surface area (Å²) < 4.78 is 1.96. The lowest BCUT2D eigenvalue weighted by Crippen LogP contribution is -2.54. The molecule has 0 aromatic carbocycles. The van der Waals surface area contributed by atoms with Crippen LogP contribution in [0.5, 0.6) is 0 Å². The fourth-order valence-electron chi connectivity index (χ4n) is 3.61. The summed E-state index contributed by atoms with van der Waals surface area (Å²) in [7, 11) is 6.47. The van der Waals surface area contributed by atoms with Crippen LogP contribution in [0.1, 0.15) is 51.3 Å². The minimum atomic E-state index is 0.310. The number of hydrogen-bond acceptors (Lipinski definition) is 3. The van der Waals surface area contributed by atoms with Crippen LogP contribution in [-0.2, 0) is 7.05 Å². The van der Waals surface area contributed by atoms with E-state index >= 15 is 0 Å². The SMILES string of the molecule is CC1CCCC(CNC(C)c2ccnn2C)(N(C)C)C1. The predicted molar refractivity (Wildman–Crippen MR) is 83.7 cm³/mol. The van der Waals surface area contributed by atoms with Crippen LogP contribution in [0.15, 0.2) is 12.3 Å². The number of aryl methyl sites for hydroxylation is 1. The van der Waals surface area contributed by atoms with Crippen LogP contribution in [-0.4, -0.2) is 40.9 Å². The first-order valence-electron chi connectivity index (χ1n) is 7.83. The van der Waals surface area contributed by atoms with E-state index in [2.05, 4.69) is 49.3 Å². The molecule has 4 nitrogen and oxygen atoms in total. The topological polar surface area (TPSA) is 33.1 Å². The van der Waals surface area contributed by atoms with Crippen molar-refractivity contribution in [3.63, 3.8) is 0 Å². The average molecular weight is 278 g/mol. The van der Waals surface area contributed by atoms with Gasteiger partial charge in [-0.05, 0) is 45.8 Å². The van der Waals surface area contributed by atoms with Crippen molar-refractivity contribution in [2.75, 3.05) is 20.6 Å². The highest BCUT2D eigenvalue weighted by Gasteiger charge is 2.36. The maximum atomic E-state index is 4.26. The summed E-state index contributed by atoms with van der Waals surface area (Å²) in [6.07, 6.45) is 7.20. The smallest absolute Gasteiger partial charge is 0.0547 e. The molecule has 20 heavy (non-hydrogen) atoms. The van der Waals surface area contributed by atoms with Crippen molar-refractivity contribution in [1.29, 1.82) is 0 Å². The second-order valence-corrected chi connectivity index (χ2v) is 6.80. The van der Waals surface area contributed by atoms with Gasteiger partial charge in [0.2, 0.25) is 0 Å². The minimum absolute atomic E-state index is 0.310. The summed E-state index contributed by atoms with van der Waals surface area (Å²) in [5.41, 5.74) is 1.56. The number of nitrogens with one attached hydrogen (secondary N) is 1. The minimum Gasteiger partial charge on any atom is -0.307 e. The van der Waals surface area contributed by atoms with Crippen LogP contribution in [0.2, 0.25) is 0 Å². The number of nitrogens with zero attached hydrogens (tertiary/aromatic N) is 3. The van der Waals surface area contributed by atoms with Crippen molar-refractivity contribution in [2.45, 2.75) is 51.1 Å². The number of likely N-dealkylation sites (N-methyl/N-ethyl adjacent to an activating group) is 1. The molecule has 4 heteroatoms. The number of aromatic nitrogens is 2. The van der Waals surface area contributed by atoms with Crippen LogP contribution in [0.25, 0.3) is 0 Å². The van der Waals surface area contributed by atoms with E-state index in [1.165, 1.54) is 31.4 Å². The molecule has 114 valence electrons. The van der Waals surface area contributed by atoms with E-state index in [4.69, 9.17) is 0 Å². The monoisotopic (exact) mass is 278 g/mol. The van der Waals surface area contributed by atoms with Crippen LogP contribution >= 0.6 is 0 Å². The van der Waals surface area contributed by atoms with E-state index < -0.39 is 0 Å². The Morgan fingerprint density at radius 3 is 2.85 bits per heavy atom. The van der Waals surface area contributed by atoms with Gasteiger partial charge in [-0.3, -0.25) is 4.68 Å². The van der Waals surface area contributed by atoms with Gasteiger partial charge in [0.25, 0.3) is 0 Å². The second kappa shape index (κ2) is 6.27. The molecule has 1 heterocycles. The van der Waals surface area contributed by atoms with Gasteiger partial charge in [-0.25, -0.2) is 0 Å². The van der Waals surface area contributed by atoms with E-state index in [1.54, 1.807) is 0 Å². The molecule has 1 aromatic heterocycles. The van der Waals surface area contributed by atoms with E-state index in [-0.39, 0.29) is 0 Å². The van der Waals surface area contributed by atoms with Crippen molar-refractivity contribution in [2.24, 2.45) is 13.0 Å². The molecule has 0 amide bonds. The van der Waals surface area contributed by atoms with Crippen molar-refractivity contribution < 1.29 is 0 Å².